The lowest BCUT2D eigenvalue weighted by Gasteiger charge is -2.38. The Morgan fingerprint density at radius 3 is 2.67 bits per heavy atom. The summed E-state index contributed by atoms with van der Waals surface area (Å²) in [6.45, 7) is 2.09. The molecule has 1 fully saturated rings. The lowest BCUT2D eigenvalue weighted by Crippen LogP contribution is -2.57. The Morgan fingerprint density at radius 2 is 2.12 bits per heavy atom. The normalized spacial score (nSPS) is 30.0. The molecule has 1 aromatic rings. The number of aliphatic hydroxyl groups excluding tert-OH is 2. The van der Waals surface area contributed by atoms with Crippen molar-refractivity contribution in [3.05, 3.63) is 28.2 Å². The number of carbonyl (C=O) groups is 1. The Morgan fingerprint density at radius 1 is 1.46 bits per heavy atom. The average molecular weight is 343 g/mol. The Hall–Kier alpha value is -2.10. The Labute approximate surface area is 136 Å². The van der Waals surface area contributed by atoms with Gasteiger partial charge in [-0.15, -0.1) is 0 Å². The van der Waals surface area contributed by atoms with E-state index in [0.29, 0.717) is 5.56 Å². The second kappa shape index (κ2) is 7.20. The molecule has 9 heteroatoms. The van der Waals surface area contributed by atoms with Crippen molar-refractivity contribution in [3.63, 3.8) is 0 Å². The van der Waals surface area contributed by atoms with Crippen molar-refractivity contribution in [3.8, 4) is 11.5 Å². The molecule has 0 bridgehead atoms. The molecule has 0 amide bonds. The van der Waals surface area contributed by atoms with E-state index in [4.69, 9.17) is 14.6 Å². The van der Waals surface area contributed by atoms with Gasteiger partial charge >= 0.3 is 0 Å². The Balaban J connectivity index is 2.36. The van der Waals surface area contributed by atoms with Gasteiger partial charge in [-0.1, -0.05) is 5.18 Å². The van der Waals surface area contributed by atoms with E-state index in [1.165, 1.54) is 19.1 Å². The first-order valence-corrected chi connectivity index (χ1v) is 7.22. The first kappa shape index (κ1) is 18.2. The number of ether oxygens (including phenoxy) is 2. The second-order valence-corrected chi connectivity index (χ2v) is 5.59. The molecule has 0 radical (unpaired) electrons. The summed E-state index contributed by atoms with van der Waals surface area (Å²) in [5, 5.41) is 31.6. The fraction of sp³-hybridized carbons (Fsp3) is 0.533. The van der Waals surface area contributed by atoms with Crippen LogP contribution in [0.5, 0.6) is 11.5 Å². The van der Waals surface area contributed by atoms with Crippen LogP contribution in [0.1, 0.15) is 22.8 Å². The number of carbonyl (C=O) groups excluding carboxylic acids is 1. The van der Waals surface area contributed by atoms with Crippen molar-refractivity contribution < 1.29 is 34.0 Å². The summed E-state index contributed by atoms with van der Waals surface area (Å²) in [7, 11) is 0. The molecule has 0 aliphatic carbocycles. The maximum absolute atomic E-state index is 13.9. The van der Waals surface area contributed by atoms with Crippen LogP contribution in [0.15, 0.2) is 17.3 Å². The van der Waals surface area contributed by atoms with Crippen molar-refractivity contribution >= 4 is 5.78 Å². The lowest BCUT2D eigenvalue weighted by molar-refractivity contribution is -0.235. The average Bonchev–Trinajstić information content (AvgIpc) is 2.49. The Bertz CT molecular complexity index is 638. The number of ketones is 1. The molecule has 0 aromatic heterocycles. The number of nitrogens with zero attached hydrogens (tertiary/aromatic N) is 1. The summed E-state index contributed by atoms with van der Waals surface area (Å²) < 4.78 is 24.4. The first-order valence-electron chi connectivity index (χ1n) is 7.22. The molecule has 5 unspecified atom stereocenters. The smallest absolute Gasteiger partial charge is 0.228 e. The van der Waals surface area contributed by atoms with Gasteiger partial charge in [-0.25, -0.2) is 4.39 Å². The number of aryl methyl sites for hydroxylation is 1. The highest BCUT2D eigenvalue weighted by atomic mass is 19.1. The van der Waals surface area contributed by atoms with Crippen LogP contribution in [-0.4, -0.2) is 58.4 Å². The second-order valence-electron chi connectivity index (χ2n) is 5.59. The molecule has 1 heterocycles. The number of hydrogen-bond acceptors (Lipinski definition) is 8. The van der Waals surface area contributed by atoms with Crippen LogP contribution in [0.4, 0.5) is 4.39 Å². The molecule has 1 aliphatic heterocycles. The monoisotopic (exact) mass is 343 g/mol. The van der Waals surface area contributed by atoms with E-state index in [0.717, 1.165) is 0 Å². The maximum atomic E-state index is 13.9. The number of nitroso groups, excluding NO2 is 1. The van der Waals surface area contributed by atoms with E-state index < -0.39 is 43.1 Å². The zero-order valence-corrected chi connectivity index (χ0v) is 13.0. The number of Topliss-reactive ketones (excluding diaryl/α,β-unsaturated/α-hetero) is 1. The highest BCUT2D eigenvalue weighted by Gasteiger charge is 2.48. The molecule has 8 nitrogen and oxygen atoms in total. The highest BCUT2D eigenvalue weighted by molar-refractivity contribution is 5.99. The lowest BCUT2D eigenvalue weighted by atomic mass is 9.98. The number of alkyl halides is 1. The van der Waals surface area contributed by atoms with Gasteiger partial charge in [-0.05, 0) is 31.5 Å². The van der Waals surface area contributed by atoms with Crippen molar-refractivity contribution in [1.82, 2.24) is 0 Å². The van der Waals surface area contributed by atoms with Crippen LogP contribution in [0, 0.1) is 11.8 Å². The summed E-state index contributed by atoms with van der Waals surface area (Å²) in [6, 6.07) is 1.08. The minimum atomic E-state index is -2.00. The highest BCUT2D eigenvalue weighted by Crippen LogP contribution is 2.33. The van der Waals surface area contributed by atoms with E-state index in [9.17, 15) is 24.3 Å². The number of aromatic hydroxyl groups is 1. The predicted molar refractivity (Wildman–Crippen MR) is 79.7 cm³/mol. The van der Waals surface area contributed by atoms with Gasteiger partial charge in [0, 0.05) is 0 Å². The number of rotatable bonds is 5. The fourth-order valence-electron chi connectivity index (χ4n) is 2.57. The molecule has 1 saturated heterocycles. The van der Waals surface area contributed by atoms with Crippen molar-refractivity contribution in [2.24, 2.45) is 5.18 Å². The van der Waals surface area contributed by atoms with Crippen LogP contribution < -0.4 is 4.74 Å². The van der Waals surface area contributed by atoms with Crippen molar-refractivity contribution in [1.29, 1.82) is 0 Å². The third-order valence-corrected chi connectivity index (χ3v) is 3.74. The molecule has 2 rings (SSSR count). The van der Waals surface area contributed by atoms with Crippen molar-refractivity contribution in [2.75, 3.05) is 6.61 Å². The van der Waals surface area contributed by atoms with E-state index in [-0.39, 0.29) is 17.1 Å². The number of phenols is 1. The largest absolute Gasteiger partial charge is 0.507 e. The van der Waals surface area contributed by atoms with Crippen LogP contribution in [0.25, 0.3) is 0 Å². The molecule has 3 N–H and O–H groups in total. The van der Waals surface area contributed by atoms with Crippen LogP contribution in [-0.2, 0) is 4.74 Å². The quantitative estimate of drug-likeness (QED) is 0.534. The van der Waals surface area contributed by atoms with Gasteiger partial charge in [-0.2, -0.15) is 4.91 Å². The SMILES string of the molecule is CC(=O)c1c(O)cc(C)cc1OC1OC(CO)C(F)C(N=O)C1O. The van der Waals surface area contributed by atoms with Gasteiger partial charge in [0.2, 0.25) is 6.29 Å². The van der Waals surface area contributed by atoms with Gasteiger partial charge in [0.15, 0.2) is 18.0 Å². The number of halogens is 1. The summed E-state index contributed by atoms with van der Waals surface area (Å²) in [5.41, 5.74) is 0.417. The maximum Gasteiger partial charge on any atom is 0.228 e. The molecular weight excluding hydrogens is 325 g/mol. The van der Waals surface area contributed by atoms with E-state index in [1.807, 2.05) is 0 Å². The van der Waals surface area contributed by atoms with Gasteiger partial charge < -0.3 is 24.8 Å². The molecule has 1 aromatic carbocycles. The number of hydrogen-bond donors (Lipinski definition) is 3. The number of aliphatic hydroxyl groups is 2. The van der Waals surface area contributed by atoms with Crippen molar-refractivity contribution in [2.45, 2.75) is 44.6 Å². The first-order chi connectivity index (χ1) is 11.3. The number of phenolic OH excluding ortho intramolecular Hbond substituents is 1. The van der Waals surface area contributed by atoms with Crippen LogP contribution >= 0.6 is 0 Å². The molecule has 5 atom stereocenters. The van der Waals surface area contributed by atoms with Gasteiger partial charge in [0.05, 0.1) is 6.61 Å². The molecule has 0 spiro atoms. The topological polar surface area (TPSA) is 126 Å². The zero-order chi connectivity index (χ0) is 18.0. The molecule has 24 heavy (non-hydrogen) atoms. The van der Waals surface area contributed by atoms with Crippen LogP contribution in [0.3, 0.4) is 0 Å². The third kappa shape index (κ3) is 3.37. The molecule has 0 saturated carbocycles. The van der Waals surface area contributed by atoms with Gasteiger partial charge in [-0.3, -0.25) is 4.79 Å². The summed E-state index contributed by atoms with van der Waals surface area (Å²) in [6.07, 6.45) is -6.71. The van der Waals surface area contributed by atoms with E-state index in [2.05, 4.69) is 5.18 Å². The van der Waals surface area contributed by atoms with E-state index >= 15 is 0 Å². The standard InChI is InChI=1S/C15H18FNO7/c1-6-3-8(20)11(7(2)19)9(4-6)23-15-14(21)13(17-22)12(16)10(5-18)24-15/h3-4,10,12-15,18,20-21H,5H2,1-2H3. The minimum absolute atomic E-state index is 0.0947. The molecular formula is C15H18FNO7. The molecule has 132 valence electrons. The Kier molecular flexibility index (Phi) is 5.47. The zero-order valence-electron chi connectivity index (χ0n) is 13.0. The van der Waals surface area contributed by atoms with E-state index in [1.54, 1.807) is 6.92 Å². The van der Waals surface area contributed by atoms with Crippen LogP contribution in [0.2, 0.25) is 0 Å². The minimum Gasteiger partial charge on any atom is -0.507 e. The summed E-state index contributed by atoms with van der Waals surface area (Å²) in [4.78, 5) is 22.5. The van der Waals surface area contributed by atoms with Gasteiger partial charge in [0.1, 0.15) is 29.3 Å². The summed E-state index contributed by atoms with van der Waals surface area (Å²) in [5.74, 6) is -0.919. The predicted octanol–water partition coefficient (Wildman–Crippen LogP) is 0.833. The summed E-state index contributed by atoms with van der Waals surface area (Å²) >= 11 is 0. The molecule has 1 aliphatic rings. The number of benzene rings is 1. The third-order valence-electron chi connectivity index (χ3n) is 3.74. The fourth-order valence-corrected chi connectivity index (χ4v) is 2.57. The van der Waals surface area contributed by atoms with Gasteiger partial charge in [0.25, 0.3) is 0 Å².